The molecule has 1 unspecified atom stereocenters. The van der Waals surface area contributed by atoms with Gasteiger partial charge in [-0.3, -0.25) is 4.90 Å². The number of methoxy groups -OCH3 is 1. The van der Waals surface area contributed by atoms with Gasteiger partial charge in [0.25, 0.3) is 0 Å². The number of carbonyl (C=O) groups is 1. The zero-order valence-electron chi connectivity index (χ0n) is 12.4. The van der Waals surface area contributed by atoms with Crippen LogP contribution in [0, 0.1) is 12.8 Å². The first-order valence-corrected chi connectivity index (χ1v) is 7.24. The van der Waals surface area contributed by atoms with Crippen molar-refractivity contribution < 1.29 is 13.9 Å². The number of furan rings is 1. The van der Waals surface area contributed by atoms with Crippen molar-refractivity contribution in [3.63, 3.8) is 0 Å². The lowest BCUT2D eigenvalue weighted by Gasteiger charge is -2.31. The molecule has 0 spiro atoms. The highest BCUT2D eigenvalue weighted by atomic mass is 16.5. The molecule has 5 nitrogen and oxygen atoms in total. The molecule has 5 heteroatoms. The van der Waals surface area contributed by atoms with Crippen molar-refractivity contribution in [3.8, 4) is 0 Å². The molecule has 1 fully saturated rings. The zero-order valence-corrected chi connectivity index (χ0v) is 12.4. The number of carbonyl (C=O) groups excluding carboxylic acids is 1. The number of ether oxygens (including phenoxy) is 1. The molecule has 0 aliphatic carbocycles. The molecule has 0 radical (unpaired) electrons. The van der Waals surface area contributed by atoms with Gasteiger partial charge >= 0.3 is 5.97 Å². The van der Waals surface area contributed by atoms with Crippen molar-refractivity contribution >= 4 is 5.97 Å². The predicted molar refractivity (Wildman–Crippen MR) is 76.5 cm³/mol. The van der Waals surface area contributed by atoms with E-state index in [1.165, 1.54) is 20.0 Å². The van der Waals surface area contributed by atoms with Gasteiger partial charge < -0.3 is 14.9 Å². The standard InChI is InChI=1S/C15H24N2O3/c1-11-8-13(20-14(11)15(18)19-2)10-17-7-3-4-12(9-17)5-6-16/h8,12H,3-7,9-10,16H2,1-2H3. The van der Waals surface area contributed by atoms with Crippen LogP contribution < -0.4 is 5.73 Å². The molecular weight excluding hydrogens is 256 g/mol. The average Bonchev–Trinajstić information content (AvgIpc) is 2.79. The summed E-state index contributed by atoms with van der Waals surface area (Å²) in [6.07, 6.45) is 3.55. The third-order valence-corrected chi connectivity index (χ3v) is 3.90. The lowest BCUT2D eigenvalue weighted by atomic mass is 9.95. The molecule has 20 heavy (non-hydrogen) atoms. The van der Waals surface area contributed by atoms with Crippen LogP contribution in [0.3, 0.4) is 0 Å². The van der Waals surface area contributed by atoms with Crippen LogP contribution in [0.4, 0.5) is 0 Å². The van der Waals surface area contributed by atoms with Crippen LogP contribution in [0.25, 0.3) is 0 Å². The number of likely N-dealkylation sites (tertiary alicyclic amines) is 1. The van der Waals surface area contributed by atoms with Crippen LogP contribution in [0.5, 0.6) is 0 Å². The highest BCUT2D eigenvalue weighted by Gasteiger charge is 2.22. The van der Waals surface area contributed by atoms with Gasteiger partial charge in [0.15, 0.2) is 0 Å². The molecule has 0 aromatic carbocycles. The first-order chi connectivity index (χ1) is 9.63. The van der Waals surface area contributed by atoms with Gasteiger partial charge in [0.2, 0.25) is 5.76 Å². The van der Waals surface area contributed by atoms with Crippen LogP contribution in [-0.4, -0.2) is 37.6 Å². The Morgan fingerprint density at radius 1 is 1.60 bits per heavy atom. The summed E-state index contributed by atoms with van der Waals surface area (Å²) < 4.78 is 10.3. The van der Waals surface area contributed by atoms with E-state index < -0.39 is 5.97 Å². The topological polar surface area (TPSA) is 68.7 Å². The minimum Gasteiger partial charge on any atom is -0.463 e. The zero-order chi connectivity index (χ0) is 14.5. The average molecular weight is 280 g/mol. The van der Waals surface area contributed by atoms with Crippen molar-refractivity contribution in [3.05, 3.63) is 23.2 Å². The maximum absolute atomic E-state index is 11.5. The maximum Gasteiger partial charge on any atom is 0.374 e. The molecule has 0 amide bonds. The van der Waals surface area contributed by atoms with E-state index in [-0.39, 0.29) is 0 Å². The molecule has 1 aliphatic rings. The van der Waals surface area contributed by atoms with E-state index in [1.807, 2.05) is 13.0 Å². The summed E-state index contributed by atoms with van der Waals surface area (Å²) >= 11 is 0. The van der Waals surface area contributed by atoms with Crippen LogP contribution in [0.1, 0.15) is 41.1 Å². The number of hydrogen-bond acceptors (Lipinski definition) is 5. The first kappa shape index (κ1) is 15.1. The largest absolute Gasteiger partial charge is 0.463 e. The Hall–Kier alpha value is -1.33. The normalized spacial score (nSPS) is 20.1. The molecule has 112 valence electrons. The lowest BCUT2D eigenvalue weighted by Crippen LogP contribution is -2.35. The fraction of sp³-hybridized carbons (Fsp3) is 0.667. The summed E-state index contributed by atoms with van der Waals surface area (Å²) in [6, 6.07) is 1.93. The number of hydrogen-bond donors (Lipinski definition) is 1. The van der Waals surface area contributed by atoms with E-state index in [0.717, 1.165) is 43.9 Å². The third kappa shape index (κ3) is 3.61. The van der Waals surface area contributed by atoms with E-state index in [4.69, 9.17) is 14.9 Å². The second-order valence-corrected chi connectivity index (χ2v) is 5.54. The third-order valence-electron chi connectivity index (χ3n) is 3.90. The summed E-state index contributed by atoms with van der Waals surface area (Å²) in [6.45, 7) is 5.51. The van der Waals surface area contributed by atoms with Gasteiger partial charge in [0.1, 0.15) is 5.76 Å². The van der Waals surface area contributed by atoms with Crippen LogP contribution in [0.2, 0.25) is 0 Å². The van der Waals surface area contributed by atoms with Gasteiger partial charge in [0, 0.05) is 12.1 Å². The van der Waals surface area contributed by atoms with Gasteiger partial charge in [-0.05, 0) is 51.3 Å². The molecule has 2 N–H and O–H groups in total. The minimum absolute atomic E-state index is 0.318. The van der Waals surface area contributed by atoms with Crippen LogP contribution in [0.15, 0.2) is 10.5 Å². The Morgan fingerprint density at radius 3 is 3.10 bits per heavy atom. The lowest BCUT2D eigenvalue weighted by molar-refractivity contribution is 0.0558. The molecule has 1 saturated heterocycles. The maximum atomic E-state index is 11.5. The molecule has 1 aliphatic heterocycles. The number of piperidine rings is 1. The number of nitrogens with zero attached hydrogens (tertiary/aromatic N) is 1. The van der Waals surface area contributed by atoms with Gasteiger partial charge in [-0.2, -0.15) is 0 Å². The number of nitrogens with two attached hydrogens (primary N) is 1. The highest BCUT2D eigenvalue weighted by molar-refractivity contribution is 5.87. The van der Waals surface area contributed by atoms with E-state index >= 15 is 0 Å². The summed E-state index contributed by atoms with van der Waals surface area (Å²) in [5.41, 5.74) is 6.48. The second-order valence-electron chi connectivity index (χ2n) is 5.54. The van der Waals surface area contributed by atoms with E-state index in [1.54, 1.807) is 0 Å². The highest BCUT2D eigenvalue weighted by Crippen LogP contribution is 2.23. The van der Waals surface area contributed by atoms with Crippen molar-refractivity contribution in [1.29, 1.82) is 0 Å². The van der Waals surface area contributed by atoms with E-state index in [9.17, 15) is 4.79 Å². The van der Waals surface area contributed by atoms with Crippen molar-refractivity contribution in [2.45, 2.75) is 32.7 Å². The van der Waals surface area contributed by atoms with Crippen LogP contribution in [-0.2, 0) is 11.3 Å². The second kappa shape index (κ2) is 6.90. The molecular formula is C15H24N2O3. The molecule has 1 atom stereocenters. The van der Waals surface area contributed by atoms with E-state index in [2.05, 4.69) is 4.90 Å². The summed E-state index contributed by atoms with van der Waals surface area (Å²) in [7, 11) is 1.37. The summed E-state index contributed by atoms with van der Waals surface area (Å²) in [5, 5.41) is 0. The molecule has 0 saturated carbocycles. The minimum atomic E-state index is -0.409. The fourth-order valence-corrected chi connectivity index (χ4v) is 2.91. The van der Waals surface area contributed by atoms with Crippen LogP contribution >= 0.6 is 0 Å². The molecule has 0 bridgehead atoms. The SMILES string of the molecule is COC(=O)c1oc(CN2CCCC(CCN)C2)cc1C. The first-order valence-electron chi connectivity index (χ1n) is 7.24. The quantitative estimate of drug-likeness (QED) is 0.835. The number of esters is 1. The monoisotopic (exact) mass is 280 g/mol. The fourth-order valence-electron chi connectivity index (χ4n) is 2.91. The molecule has 1 aromatic heterocycles. The summed E-state index contributed by atoms with van der Waals surface area (Å²) in [4.78, 5) is 13.9. The smallest absolute Gasteiger partial charge is 0.374 e. The summed E-state index contributed by atoms with van der Waals surface area (Å²) in [5.74, 6) is 1.42. The Labute approximate surface area is 120 Å². The Balaban J connectivity index is 1.97. The Kier molecular flexibility index (Phi) is 5.20. The van der Waals surface area contributed by atoms with Crippen molar-refractivity contribution in [2.75, 3.05) is 26.7 Å². The van der Waals surface area contributed by atoms with Crippen molar-refractivity contribution in [1.82, 2.24) is 4.90 Å². The van der Waals surface area contributed by atoms with Gasteiger partial charge in [-0.25, -0.2) is 4.79 Å². The predicted octanol–water partition coefficient (Wildman–Crippen LogP) is 1.94. The Bertz CT molecular complexity index is 454. The number of rotatable bonds is 5. The molecule has 2 heterocycles. The molecule has 2 rings (SSSR count). The van der Waals surface area contributed by atoms with Gasteiger partial charge in [0.05, 0.1) is 13.7 Å². The van der Waals surface area contributed by atoms with Gasteiger partial charge in [-0.15, -0.1) is 0 Å². The van der Waals surface area contributed by atoms with E-state index in [0.29, 0.717) is 11.7 Å². The van der Waals surface area contributed by atoms with Gasteiger partial charge in [-0.1, -0.05) is 0 Å². The Morgan fingerprint density at radius 2 is 2.40 bits per heavy atom. The van der Waals surface area contributed by atoms with Crippen molar-refractivity contribution in [2.24, 2.45) is 11.7 Å². The molecule has 1 aromatic rings. The number of aryl methyl sites for hydroxylation is 1.